The molecule has 0 heterocycles. The maximum Gasteiger partial charge on any atom is 0.243 e. The molecule has 0 atom stereocenters. The van der Waals surface area contributed by atoms with Gasteiger partial charge in [0.2, 0.25) is 11.8 Å². The van der Waals surface area contributed by atoms with E-state index in [1.807, 2.05) is 13.0 Å². The number of carbonyl (C=O) groups excluding carboxylic acids is 2. The quantitative estimate of drug-likeness (QED) is 0.671. The fraction of sp³-hybridized carbons (Fsp3) is 0.500. The minimum Gasteiger partial charge on any atom is -0.493 e. The van der Waals surface area contributed by atoms with E-state index in [-0.39, 0.29) is 37.3 Å². The van der Waals surface area contributed by atoms with E-state index in [0.717, 1.165) is 17.7 Å². The predicted molar refractivity (Wildman–Crippen MR) is 94.1 cm³/mol. The number of hydrogen-bond donors (Lipinski definition) is 3. The molecule has 130 valence electrons. The zero-order chi connectivity index (χ0) is 16.5. The van der Waals surface area contributed by atoms with Crippen molar-refractivity contribution in [3.8, 4) is 5.75 Å². The Bertz CT molecular complexity index is 521. The lowest BCUT2D eigenvalue weighted by molar-refractivity contribution is -0.123. The van der Waals surface area contributed by atoms with E-state index >= 15 is 0 Å². The van der Waals surface area contributed by atoms with Crippen molar-refractivity contribution in [1.82, 2.24) is 5.32 Å². The summed E-state index contributed by atoms with van der Waals surface area (Å²) in [6.45, 7) is 6.64. The van der Waals surface area contributed by atoms with Gasteiger partial charge in [0.1, 0.15) is 5.75 Å². The van der Waals surface area contributed by atoms with E-state index in [9.17, 15) is 9.59 Å². The molecule has 0 bridgehead atoms. The van der Waals surface area contributed by atoms with Crippen LogP contribution in [0.15, 0.2) is 18.2 Å². The van der Waals surface area contributed by atoms with E-state index in [1.165, 1.54) is 0 Å². The fourth-order valence-electron chi connectivity index (χ4n) is 1.69. The Balaban J connectivity index is 0.00000484. The number of anilines is 1. The zero-order valence-corrected chi connectivity index (χ0v) is 14.7. The Morgan fingerprint density at radius 3 is 2.57 bits per heavy atom. The second-order valence-electron chi connectivity index (χ2n) is 5.54. The summed E-state index contributed by atoms with van der Waals surface area (Å²) in [7, 11) is 0. The van der Waals surface area contributed by atoms with Crippen LogP contribution < -0.4 is 21.1 Å². The Labute approximate surface area is 143 Å². The highest BCUT2D eigenvalue weighted by molar-refractivity contribution is 5.94. The molecule has 6 nitrogen and oxygen atoms in total. The van der Waals surface area contributed by atoms with Gasteiger partial charge in [-0.1, -0.05) is 19.9 Å². The van der Waals surface area contributed by atoms with Crippen molar-refractivity contribution in [2.45, 2.75) is 27.2 Å². The molecule has 2 amide bonds. The number of aryl methyl sites for hydroxylation is 1. The molecule has 1 rings (SSSR count). The molecule has 0 saturated carbocycles. The first-order chi connectivity index (χ1) is 10.4. The van der Waals surface area contributed by atoms with Gasteiger partial charge in [-0.05, 0) is 30.9 Å². The van der Waals surface area contributed by atoms with Crippen LogP contribution >= 0.6 is 12.4 Å². The second kappa shape index (κ2) is 10.9. The number of rotatable bonds is 8. The summed E-state index contributed by atoms with van der Waals surface area (Å²) in [5.41, 5.74) is 6.80. The third-order valence-corrected chi connectivity index (χ3v) is 3.06. The first-order valence-electron chi connectivity index (χ1n) is 7.42. The van der Waals surface area contributed by atoms with Gasteiger partial charge < -0.3 is 21.1 Å². The lowest BCUT2D eigenvalue weighted by Crippen LogP contribution is -2.36. The summed E-state index contributed by atoms with van der Waals surface area (Å²) in [6.07, 6.45) is 0.973. The van der Waals surface area contributed by atoms with Gasteiger partial charge in [-0.3, -0.25) is 9.59 Å². The largest absolute Gasteiger partial charge is 0.493 e. The number of carbonyl (C=O) groups is 2. The van der Waals surface area contributed by atoms with Crippen molar-refractivity contribution < 1.29 is 14.3 Å². The SMILES string of the molecule is Cc1ccc(NC(=O)CNC(=O)CN)cc1OCCC(C)C.Cl. The van der Waals surface area contributed by atoms with Gasteiger partial charge in [-0.2, -0.15) is 0 Å². The van der Waals surface area contributed by atoms with Crippen LogP contribution in [0.1, 0.15) is 25.8 Å². The minimum atomic E-state index is -0.364. The second-order valence-corrected chi connectivity index (χ2v) is 5.54. The molecule has 0 aliphatic rings. The smallest absolute Gasteiger partial charge is 0.243 e. The van der Waals surface area contributed by atoms with Crippen molar-refractivity contribution in [2.24, 2.45) is 11.7 Å². The molecule has 0 aliphatic carbocycles. The molecule has 0 saturated heterocycles. The lowest BCUT2D eigenvalue weighted by atomic mass is 10.1. The average Bonchev–Trinajstić information content (AvgIpc) is 2.47. The van der Waals surface area contributed by atoms with Crippen LogP contribution in [0.5, 0.6) is 5.75 Å². The van der Waals surface area contributed by atoms with Crippen LogP contribution in [0.3, 0.4) is 0 Å². The molecule has 23 heavy (non-hydrogen) atoms. The number of nitrogens with two attached hydrogens (primary N) is 1. The van der Waals surface area contributed by atoms with Gasteiger partial charge in [-0.15, -0.1) is 12.4 Å². The topological polar surface area (TPSA) is 93.5 Å². The monoisotopic (exact) mass is 343 g/mol. The van der Waals surface area contributed by atoms with Gasteiger partial charge in [0, 0.05) is 11.8 Å². The summed E-state index contributed by atoms with van der Waals surface area (Å²) in [6, 6.07) is 5.48. The standard InChI is InChI=1S/C16H25N3O3.ClH/c1-11(2)6-7-22-14-8-13(5-4-12(14)3)19-16(21)10-18-15(20)9-17;/h4-5,8,11H,6-7,9-10,17H2,1-3H3,(H,18,20)(H,19,21);1H. The summed E-state index contributed by atoms with van der Waals surface area (Å²) < 4.78 is 5.75. The van der Waals surface area contributed by atoms with Crippen LogP contribution in [-0.4, -0.2) is 31.5 Å². The van der Waals surface area contributed by atoms with Crippen LogP contribution in [-0.2, 0) is 9.59 Å². The van der Waals surface area contributed by atoms with Crippen molar-refractivity contribution >= 4 is 29.9 Å². The minimum absolute atomic E-state index is 0. The number of nitrogens with one attached hydrogen (secondary N) is 2. The molecular formula is C16H26ClN3O3. The first kappa shape index (κ1) is 21.2. The first-order valence-corrected chi connectivity index (χ1v) is 7.42. The number of ether oxygens (including phenoxy) is 1. The number of amides is 2. The molecule has 0 aliphatic heterocycles. The van der Waals surface area contributed by atoms with Gasteiger partial charge >= 0.3 is 0 Å². The van der Waals surface area contributed by atoms with E-state index in [4.69, 9.17) is 10.5 Å². The highest BCUT2D eigenvalue weighted by Crippen LogP contribution is 2.23. The predicted octanol–water partition coefficient (Wildman–Crippen LogP) is 1.86. The molecule has 0 unspecified atom stereocenters. The molecule has 1 aromatic carbocycles. The molecule has 0 aromatic heterocycles. The van der Waals surface area contributed by atoms with E-state index in [1.54, 1.807) is 12.1 Å². The lowest BCUT2D eigenvalue weighted by Gasteiger charge is -2.13. The van der Waals surface area contributed by atoms with Crippen LogP contribution in [0.2, 0.25) is 0 Å². The van der Waals surface area contributed by atoms with E-state index in [0.29, 0.717) is 18.2 Å². The van der Waals surface area contributed by atoms with Crippen molar-refractivity contribution in [3.63, 3.8) is 0 Å². The Morgan fingerprint density at radius 1 is 1.26 bits per heavy atom. The molecule has 0 fully saturated rings. The Morgan fingerprint density at radius 2 is 1.96 bits per heavy atom. The van der Waals surface area contributed by atoms with Gasteiger partial charge in [0.05, 0.1) is 19.7 Å². The number of halogens is 1. The molecule has 7 heteroatoms. The normalized spacial score (nSPS) is 9.96. The maximum atomic E-state index is 11.7. The summed E-state index contributed by atoms with van der Waals surface area (Å²) in [5, 5.41) is 5.13. The fourth-order valence-corrected chi connectivity index (χ4v) is 1.69. The molecule has 1 aromatic rings. The third-order valence-electron chi connectivity index (χ3n) is 3.06. The van der Waals surface area contributed by atoms with Crippen molar-refractivity contribution in [3.05, 3.63) is 23.8 Å². The Hall–Kier alpha value is -1.79. The number of benzene rings is 1. The Kier molecular flexibility index (Phi) is 10.0. The van der Waals surface area contributed by atoms with Crippen LogP contribution in [0, 0.1) is 12.8 Å². The van der Waals surface area contributed by atoms with E-state index in [2.05, 4.69) is 24.5 Å². The van der Waals surface area contributed by atoms with Crippen molar-refractivity contribution in [2.75, 3.05) is 25.0 Å². The highest BCUT2D eigenvalue weighted by atomic mass is 35.5. The third kappa shape index (κ3) is 8.42. The van der Waals surface area contributed by atoms with E-state index < -0.39 is 0 Å². The highest BCUT2D eigenvalue weighted by Gasteiger charge is 2.07. The molecule has 0 spiro atoms. The van der Waals surface area contributed by atoms with Gasteiger partial charge in [-0.25, -0.2) is 0 Å². The van der Waals surface area contributed by atoms with Gasteiger partial charge in [0.25, 0.3) is 0 Å². The van der Waals surface area contributed by atoms with Crippen LogP contribution in [0.4, 0.5) is 5.69 Å². The molecular weight excluding hydrogens is 318 g/mol. The average molecular weight is 344 g/mol. The van der Waals surface area contributed by atoms with Crippen LogP contribution in [0.25, 0.3) is 0 Å². The summed E-state index contributed by atoms with van der Waals surface area (Å²) >= 11 is 0. The molecule has 0 radical (unpaired) electrons. The maximum absolute atomic E-state index is 11.7. The van der Waals surface area contributed by atoms with Crippen molar-refractivity contribution in [1.29, 1.82) is 0 Å². The number of hydrogen-bond acceptors (Lipinski definition) is 4. The zero-order valence-electron chi connectivity index (χ0n) is 13.8. The summed E-state index contributed by atoms with van der Waals surface area (Å²) in [5.74, 6) is 0.661. The summed E-state index contributed by atoms with van der Waals surface area (Å²) in [4.78, 5) is 22.7. The van der Waals surface area contributed by atoms with Gasteiger partial charge in [0.15, 0.2) is 0 Å². The molecule has 4 N–H and O–H groups in total.